The quantitative estimate of drug-likeness (QED) is 0.135. The molecule has 3 rings (SSSR count). The molecule has 3 aliphatic heterocycles. The summed E-state index contributed by atoms with van der Waals surface area (Å²) in [6.45, 7) is 2.56. The van der Waals surface area contributed by atoms with Gasteiger partial charge in [-0.2, -0.15) is 0 Å². The molecule has 228 valence electrons. The van der Waals surface area contributed by atoms with Crippen molar-refractivity contribution in [3.63, 3.8) is 0 Å². The van der Waals surface area contributed by atoms with Gasteiger partial charge in [-0.15, -0.1) is 0 Å². The van der Waals surface area contributed by atoms with Crippen LogP contribution in [0.15, 0.2) is 4.99 Å². The van der Waals surface area contributed by atoms with Crippen LogP contribution in [0, 0.1) is 0 Å². The summed E-state index contributed by atoms with van der Waals surface area (Å²) in [5.74, 6) is -1.81. The number of nitrogens with one attached hydrogen (secondary N) is 3. The highest BCUT2D eigenvalue weighted by atomic mass is 16.7. The molecule has 0 saturated carbocycles. The van der Waals surface area contributed by atoms with Crippen LogP contribution in [-0.2, 0) is 33.3 Å². The first-order valence-electron chi connectivity index (χ1n) is 12.8. The Morgan fingerprint density at radius 3 is 2.02 bits per heavy atom. The number of hydrogen-bond donors (Lipinski definition) is 8. The van der Waals surface area contributed by atoms with Gasteiger partial charge < -0.3 is 65.3 Å². The average Bonchev–Trinajstić information content (AvgIpc) is 3.28. The lowest BCUT2D eigenvalue weighted by Gasteiger charge is -2.48. The van der Waals surface area contributed by atoms with E-state index in [2.05, 4.69) is 20.9 Å². The third-order valence-electron chi connectivity index (χ3n) is 6.73. The second-order valence-corrected chi connectivity index (χ2v) is 10.1. The van der Waals surface area contributed by atoms with E-state index in [4.69, 9.17) is 18.9 Å². The van der Waals surface area contributed by atoms with E-state index in [1.54, 1.807) is 25.9 Å². The Hall–Kier alpha value is -2.64. The van der Waals surface area contributed by atoms with Gasteiger partial charge in [0.05, 0.1) is 13.2 Å². The van der Waals surface area contributed by atoms with Crippen molar-refractivity contribution in [3.05, 3.63) is 0 Å². The van der Waals surface area contributed by atoms with E-state index < -0.39 is 104 Å². The van der Waals surface area contributed by atoms with Crippen molar-refractivity contribution in [3.8, 4) is 0 Å². The Morgan fingerprint density at radius 1 is 0.900 bits per heavy atom. The number of aliphatic hydroxyl groups excluding tert-OH is 5. The van der Waals surface area contributed by atoms with Crippen molar-refractivity contribution >= 4 is 23.7 Å². The summed E-state index contributed by atoms with van der Waals surface area (Å²) in [5, 5.41) is 59.2. The van der Waals surface area contributed by atoms with Crippen LogP contribution in [0.2, 0.25) is 0 Å². The highest BCUT2D eigenvalue weighted by Crippen LogP contribution is 2.29. The van der Waals surface area contributed by atoms with Crippen LogP contribution in [0.25, 0.3) is 0 Å². The molecular formula is C23H39N5O12. The fraction of sp³-hybridized carbons (Fsp3) is 0.826. The van der Waals surface area contributed by atoms with Crippen molar-refractivity contribution < 1.29 is 58.9 Å². The average molecular weight is 578 g/mol. The molecule has 2 fully saturated rings. The van der Waals surface area contributed by atoms with Crippen LogP contribution >= 0.6 is 0 Å². The minimum atomic E-state index is -1.63. The molecule has 0 bridgehead atoms. The summed E-state index contributed by atoms with van der Waals surface area (Å²) in [6, 6.07) is -3.36. The SMILES string of the molecule is CC(=O)N[C@@H]1[C@@H](O)[C@H](O[C@@H]2O[C@H](CO)[C@@H](O)[C@H](O)[C@H]2NC(C)=O)[C@@H](CO)O[C@H]1NC(=O)[C@H]1N=C(N(C)C)O[C@@H]1C. The van der Waals surface area contributed by atoms with Gasteiger partial charge in [0.25, 0.3) is 11.9 Å². The molecule has 0 unspecified atom stereocenters. The highest BCUT2D eigenvalue weighted by molar-refractivity contribution is 5.88. The number of aliphatic hydroxyl groups is 5. The van der Waals surface area contributed by atoms with Gasteiger partial charge >= 0.3 is 0 Å². The minimum Gasteiger partial charge on any atom is -0.459 e. The lowest BCUT2D eigenvalue weighted by molar-refractivity contribution is -0.315. The summed E-state index contributed by atoms with van der Waals surface area (Å²) < 4.78 is 22.8. The maximum Gasteiger partial charge on any atom is 0.288 e. The Kier molecular flexibility index (Phi) is 10.6. The molecule has 3 amide bonds. The zero-order valence-corrected chi connectivity index (χ0v) is 22.8. The molecule has 40 heavy (non-hydrogen) atoms. The number of nitrogens with zero attached hydrogens (tertiary/aromatic N) is 2. The van der Waals surface area contributed by atoms with Crippen molar-refractivity contribution in [2.45, 2.75) is 94.1 Å². The summed E-state index contributed by atoms with van der Waals surface area (Å²) in [7, 11) is 3.39. The third kappa shape index (κ3) is 6.98. The predicted molar refractivity (Wildman–Crippen MR) is 133 cm³/mol. The van der Waals surface area contributed by atoms with Crippen LogP contribution in [0.1, 0.15) is 20.8 Å². The summed E-state index contributed by atoms with van der Waals surface area (Å²) in [6.07, 6.45) is -12.4. The van der Waals surface area contributed by atoms with Crippen LogP contribution in [0.5, 0.6) is 0 Å². The standard InChI is InChI=1S/C23H39N5O12/c1-8-13(26-23(37-8)28(4)5)20(36)27-21-14(24-9(2)31)18(35)19(12(7-30)38-21)40-22-15(25-10(3)32)17(34)16(33)11(6-29)39-22/h8,11-19,21-22,29-30,33-35H,6-7H2,1-5H3,(H,24,31)(H,25,32)(H,27,36)/t8-,11-,12-,13+,14-,15-,16-,17-,18-,19-,21-,22+/m1/s1. The molecule has 0 aliphatic carbocycles. The molecule has 17 nitrogen and oxygen atoms in total. The van der Waals surface area contributed by atoms with Gasteiger partial charge in [-0.3, -0.25) is 14.4 Å². The van der Waals surface area contributed by atoms with Crippen LogP contribution < -0.4 is 16.0 Å². The van der Waals surface area contributed by atoms with E-state index in [9.17, 15) is 39.9 Å². The summed E-state index contributed by atoms with van der Waals surface area (Å²) in [4.78, 5) is 42.7. The fourth-order valence-corrected chi connectivity index (χ4v) is 4.73. The molecule has 0 aromatic carbocycles. The number of rotatable bonds is 8. The zero-order valence-electron chi connectivity index (χ0n) is 22.8. The fourth-order valence-electron chi connectivity index (χ4n) is 4.73. The normalized spacial score (nSPS) is 39.5. The first kappa shape index (κ1) is 31.9. The highest BCUT2D eigenvalue weighted by Gasteiger charge is 2.52. The molecule has 2 saturated heterocycles. The Morgan fingerprint density at radius 2 is 1.50 bits per heavy atom. The predicted octanol–water partition coefficient (Wildman–Crippen LogP) is -5.28. The van der Waals surface area contributed by atoms with E-state index in [0.717, 1.165) is 6.92 Å². The molecule has 0 radical (unpaired) electrons. The maximum absolute atomic E-state index is 13.1. The van der Waals surface area contributed by atoms with E-state index in [0.29, 0.717) is 0 Å². The lowest BCUT2D eigenvalue weighted by atomic mass is 9.94. The van der Waals surface area contributed by atoms with Gasteiger partial charge in [0.1, 0.15) is 54.8 Å². The van der Waals surface area contributed by atoms with E-state index in [1.807, 2.05) is 0 Å². The molecule has 0 aromatic heterocycles. The number of carbonyl (C=O) groups excluding carboxylic acids is 3. The molecule has 12 atom stereocenters. The third-order valence-corrected chi connectivity index (χ3v) is 6.73. The van der Waals surface area contributed by atoms with Gasteiger partial charge in [-0.1, -0.05) is 0 Å². The molecule has 0 aromatic rings. The summed E-state index contributed by atoms with van der Waals surface area (Å²) in [5.41, 5.74) is 0. The van der Waals surface area contributed by atoms with Gasteiger partial charge in [0, 0.05) is 27.9 Å². The molecule has 8 N–H and O–H groups in total. The molecule has 17 heteroatoms. The first-order chi connectivity index (χ1) is 18.8. The second-order valence-electron chi connectivity index (χ2n) is 10.1. The maximum atomic E-state index is 13.1. The Balaban J connectivity index is 1.84. The Labute approximate surface area is 230 Å². The van der Waals surface area contributed by atoms with Crippen LogP contribution in [-0.4, -0.2) is 155 Å². The van der Waals surface area contributed by atoms with Gasteiger partial charge in [0.15, 0.2) is 18.6 Å². The Bertz CT molecular complexity index is 953. The number of aliphatic imine (C=N–C) groups is 1. The van der Waals surface area contributed by atoms with Crippen molar-refractivity contribution in [2.24, 2.45) is 4.99 Å². The number of amidine groups is 1. The zero-order chi connectivity index (χ0) is 29.9. The first-order valence-corrected chi connectivity index (χ1v) is 12.8. The number of amides is 3. The van der Waals surface area contributed by atoms with E-state index >= 15 is 0 Å². The minimum absolute atomic E-state index is 0.243. The number of ether oxygens (including phenoxy) is 4. The topological polar surface area (TPSA) is 241 Å². The number of hydrogen-bond acceptors (Lipinski definition) is 14. The smallest absolute Gasteiger partial charge is 0.288 e. The molecule has 0 spiro atoms. The van der Waals surface area contributed by atoms with Gasteiger partial charge in [-0.25, -0.2) is 4.99 Å². The lowest BCUT2D eigenvalue weighted by Crippen LogP contribution is -2.71. The molecular weight excluding hydrogens is 538 g/mol. The van der Waals surface area contributed by atoms with Gasteiger partial charge in [0.2, 0.25) is 11.8 Å². The van der Waals surface area contributed by atoms with Crippen molar-refractivity contribution in [1.29, 1.82) is 0 Å². The molecule has 3 heterocycles. The van der Waals surface area contributed by atoms with Crippen LogP contribution in [0.4, 0.5) is 0 Å². The van der Waals surface area contributed by atoms with Crippen molar-refractivity contribution in [2.75, 3.05) is 27.3 Å². The number of carbonyl (C=O) groups is 3. The van der Waals surface area contributed by atoms with E-state index in [1.165, 1.54) is 6.92 Å². The largest absolute Gasteiger partial charge is 0.459 e. The summed E-state index contributed by atoms with van der Waals surface area (Å²) >= 11 is 0. The van der Waals surface area contributed by atoms with E-state index in [-0.39, 0.29) is 6.02 Å². The monoisotopic (exact) mass is 577 g/mol. The van der Waals surface area contributed by atoms with Gasteiger partial charge in [-0.05, 0) is 6.92 Å². The second kappa shape index (κ2) is 13.3. The van der Waals surface area contributed by atoms with Crippen molar-refractivity contribution in [1.82, 2.24) is 20.9 Å². The van der Waals surface area contributed by atoms with Crippen LogP contribution in [0.3, 0.4) is 0 Å². The molecule has 3 aliphatic rings.